The third-order valence-corrected chi connectivity index (χ3v) is 4.22. The van der Waals surface area contributed by atoms with Crippen LogP contribution in [0, 0.1) is 12.7 Å². The van der Waals surface area contributed by atoms with E-state index in [-0.39, 0.29) is 11.9 Å². The zero-order valence-corrected chi connectivity index (χ0v) is 11.8. The van der Waals surface area contributed by atoms with E-state index in [0.717, 1.165) is 24.8 Å². The van der Waals surface area contributed by atoms with Gasteiger partial charge in [0, 0.05) is 10.9 Å². The van der Waals surface area contributed by atoms with Gasteiger partial charge >= 0.3 is 0 Å². The third-order valence-electron chi connectivity index (χ3n) is 3.28. The molecule has 0 radical (unpaired) electrons. The fraction of sp³-hybridized carbons (Fsp3) is 0.333. The molecule has 1 heterocycles. The zero-order chi connectivity index (χ0) is 13.7. The summed E-state index contributed by atoms with van der Waals surface area (Å²) < 4.78 is 13.3. The number of hydrogen-bond donors (Lipinski definition) is 2. The van der Waals surface area contributed by atoms with E-state index in [4.69, 9.17) is 5.84 Å². The molecule has 4 heteroatoms. The fourth-order valence-electron chi connectivity index (χ4n) is 2.17. The molecular weight excluding hydrogens is 259 g/mol. The molecule has 0 amide bonds. The largest absolute Gasteiger partial charge is 0.271 e. The average Bonchev–Trinajstić information content (AvgIpc) is 2.91. The Morgan fingerprint density at radius 1 is 1.37 bits per heavy atom. The van der Waals surface area contributed by atoms with Gasteiger partial charge < -0.3 is 0 Å². The smallest absolute Gasteiger partial charge is 0.126 e. The lowest BCUT2D eigenvalue weighted by atomic mass is 9.99. The maximum absolute atomic E-state index is 13.3. The monoisotopic (exact) mass is 278 g/mol. The molecule has 0 saturated heterocycles. The molecule has 0 bridgehead atoms. The second kappa shape index (κ2) is 6.80. The minimum Gasteiger partial charge on any atom is -0.271 e. The highest BCUT2D eigenvalue weighted by molar-refractivity contribution is 7.09. The summed E-state index contributed by atoms with van der Waals surface area (Å²) in [5.41, 5.74) is 4.54. The van der Waals surface area contributed by atoms with Crippen LogP contribution >= 0.6 is 11.3 Å². The molecule has 2 nitrogen and oxygen atoms in total. The first-order valence-corrected chi connectivity index (χ1v) is 7.33. The molecule has 0 spiro atoms. The van der Waals surface area contributed by atoms with E-state index in [2.05, 4.69) is 22.9 Å². The molecule has 1 atom stereocenters. The second-order valence-corrected chi connectivity index (χ2v) is 5.73. The van der Waals surface area contributed by atoms with Crippen molar-refractivity contribution in [3.05, 3.63) is 57.5 Å². The number of hydrazine groups is 1. The van der Waals surface area contributed by atoms with Crippen LogP contribution in [0.3, 0.4) is 0 Å². The Bertz CT molecular complexity index is 511. The van der Waals surface area contributed by atoms with Gasteiger partial charge in [0.2, 0.25) is 0 Å². The molecule has 0 aliphatic carbocycles. The topological polar surface area (TPSA) is 38.0 Å². The maximum atomic E-state index is 13.3. The summed E-state index contributed by atoms with van der Waals surface area (Å²) in [4.78, 5) is 1.39. The van der Waals surface area contributed by atoms with Crippen LogP contribution in [0.25, 0.3) is 0 Å². The van der Waals surface area contributed by atoms with E-state index in [1.54, 1.807) is 24.3 Å². The van der Waals surface area contributed by atoms with Crippen molar-refractivity contribution in [1.82, 2.24) is 5.43 Å². The first-order valence-electron chi connectivity index (χ1n) is 6.45. The number of halogens is 1. The highest BCUT2D eigenvalue weighted by atomic mass is 32.1. The predicted octanol–water partition coefficient (Wildman–Crippen LogP) is 3.72. The zero-order valence-electron chi connectivity index (χ0n) is 11.0. The van der Waals surface area contributed by atoms with Gasteiger partial charge in [-0.15, -0.1) is 11.3 Å². The lowest BCUT2D eigenvalue weighted by Gasteiger charge is -2.16. The van der Waals surface area contributed by atoms with Crippen LogP contribution in [-0.4, -0.2) is 0 Å². The fourth-order valence-corrected chi connectivity index (χ4v) is 2.92. The Kier molecular flexibility index (Phi) is 5.07. The van der Waals surface area contributed by atoms with Crippen molar-refractivity contribution in [3.63, 3.8) is 0 Å². The van der Waals surface area contributed by atoms with E-state index in [1.165, 1.54) is 10.9 Å². The Labute approximate surface area is 117 Å². The van der Waals surface area contributed by atoms with E-state index < -0.39 is 0 Å². The van der Waals surface area contributed by atoms with Crippen LogP contribution in [-0.2, 0) is 6.42 Å². The lowest BCUT2D eigenvalue weighted by Crippen LogP contribution is -2.28. The molecule has 0 aliphatic heterocycles. The van der Waals surface area contributed by atoms with Crippen LogP contribution in [0.15, 0.2) is 35.7 Å². The number of nitrogens with one attached hydrogen (secondary N) is 1. The molecule has 2 rings (SSSR count). The van der Waals surface area contributed by atoms with Crippen molar-refractivity contribution in [1.29, 1.82) is 0 Å². The van der Waals surface area contributed by atoms with Crippen LogP contribution in [0.2, 0.25) is 0 Å². The minimum atomic E-state index is -0.168. The van der Waals surface area contributed by atoms with Crippen LogP contribution in [0.5, 0.6) is 0 Å². The Balaban J connectivity index is 1.93. The molecule has 1 aromatic heterocycles. The minimum absolute atomic E-state index is 0.0827. The van der Waals surface area contributed by atoms with Crippen molar-refractivity contribution >= 4 is 11.3 Å². The van der Waals surface area contributed by atoms with Crippen molar-refractivity contribution in [3.8, 4) is 0 Å². The summed E-state index contributed by atoms with van der Waals surface area (Å²) in [5, 5.41) is 2.09. The number of rotatable bonds is 6. The second-order valence-electron chi connectivity index (χ2n) is 4.70. The van der Waals surface area contributed by atoms with Crippen LogP contribution in [0.4, 0.5) is 4.39 Å². The summed E-state index contributed by atoms with van der Waals surface area (Å²) in [7, 11) is 0. The molecule has 2 aromatic rings. The van der Waals surface area contributed by atoms with Gasteiger partial charge in [-0.2, -0.15) is 0 Å². The lowest BCUT2D eigenvalue weighted by molar-refractivity contribution is 0.497. The van der Waals surface area contributed by atoms with Gasteiger partial charge in [0.25, 0.3) is 0 Å². The van der Waals surface area contributed by atoms with E-state index in [0.29, 0.717) is 5.56 Å². The summed E-state index contributed by atoms with van der Waals surface area (Å²) in [6, 6.07) is 9.48. The SMILES string of the molecule is Cc1cc(C(CCCc2cccs2)NN)ccc1F. The molecular formula is C15H19FN2S. The molecule has 1 aromatic carbocycles. The van der Waals surface area contributed by atoms with Crippen molar-refractivity contribution in [2.75, 3.05) is 0 Å². The Morgan fingerprint density at radius 3 is 2.84 bits per heavy atom. The number of thiophene rings is 1. The van der Waals surface area contributed by atoms with E-state index in [1.807, 2.05) is 6.07 Å². The number of hydrogen-bond acceptors (Lipinski definition) is 3. The quantitative estimate of drug-likeness (QED) is 0.624. The molecule has 102 valence electrons. The molecule has 0 fully saturated rings. The number of nitrogens with two attached hydrogens (primary N) is 1. The first-order chi connectivity index (χ1) is 9.20. The summed E-state index contributed by atoms with van der Waals surface area (Å²) in [6.45, 7) is 1.78. The Hall–Kier alpha value is -1.23. The molecule has 0 aliphatic rings. The van der Waals surface area contributed by atoms with Gasteiger partial charge in [-0.3, -0.25) is 11.3 Å². The van der Waals surface area contributed by atoms with E-state index >= 15 is 0 Å². The van der Waals surface area contributed by atoms with Crippen molar-refractivity contribution in [2.45, 2.75) is 32.2 Å². The third kappa shape index (κ3) is 3.86. The Morgan fingerprint density at radius 2 is 2.21 bits per heavy atom. The summed E-state index contributed by atoms with van der Waals surface area (Å²) in [6.07, 6.45) is 3.07. The summed E-state index contributed by atoms with van der Waals surface area (Å²) >= 11 is 1.78. The van der Waals surface area contributed by atoms with Gasteiger partial charge in [-0.05, 0) is 54.8 Å². The van der Waals surface area contributed by atoms with Gasteiger partial charge in [0.05, 0.1) is 0 Å². The van der Waals surface area contributed by atoms with Crippen molar-refractivity contribution in [2.24, 2.45) is 5.84 Å². The molecule has 3 N–H and O–H groups in total. The number of aryl methyl sites for hydroxylation is 2. The molecule has 19 heavy (non-hydrogen) atoms. The standard InChI is InChI=1S/C15H19FN2S/c1-11-10-12(7-8-14(11)16)15(18-17)6-2-4-13-5-3-9-19-13/h3,5,7-10,15,18H,2,4,6,17H2,1H3. The number of benzene rings is 1. The normalized spacial score (nSPS) is 12.6. The van der Waals surface area contributed by atoms with Gasteiger partial charge in [-0.1, -0.05) is 18.2 Å². The van der Waals surface area contributed by atoms with Gasteiger partial charge in [0.1, 0.15) is 5.82 Å². The molecule has 0 saturated carbocycles. The van der Waals surface area contributed by atoms with Gasteiger partial charge in [0.15, 0.2) is 0 Å². The van der Waals surface area contributed by atoms with E-state index in [9.17, 15) is 4.39 Å². The highest BCUT2D eigenvalue weighted by Crippen LogP contribution is 2.22. The van der Waals surface area contributed by atoms with Crippen molar-refractivity contribution < 1.29 is 4.39 Å². The average molecular weight is 278 g/mol. The maximum Gasteiger partial charge on any atom is 0.126 e. The van der Waals surface area contributed by atoms with Crippen LogP contribution in [0.1, 0.15) is 34.9 Å². The van der Waals surface area contributed by atoms with Gasteiger partial charge in [-0.25, -0.2) is 4.39 Å². The molecule has 1 unspecified atom stereocenters. The first kappa shape index (κ1) is 14.2. The highest BCUT2D eigenvalue weighted by Gasteiger charge is 2.11. The summed E-state index contributed by atoms with van der Waals surface area (Å²) in [5.74, 6) is 5.44. The predicted molar refractivity (Wildman–Crippen MR) is 78.5 cm³/mol. The van der Waals surface area contributed by atoms with Crippen LogP contribution < -0.4 is 11.3 Å².